The van der Waals surface area contributed by atoms with Crippen LogP contribution in [0.1, 0.15) is 18.7 Å². The Morgan fingerprint density at radius 3 is 2.84 bits per heavy atom. The van der Waals surface area contributed by atoms with Gasteiger partial charge in [-0.15, -0.1) is 0 Å². The first-order valence-electron chi connectivity index (χ1n) is 5.98. The SMILES string of the molecule is CC(c1ccccn1)n1c(=S)[nH]c2c(F)cccc21. The highest BCUT2D eigenvalue weighted by Gasteiger charge is 2.15. The summed E-state index contributed by atoms with van der Waals surface area (Å²) in [6.45, 7) is 2.00. The van der Waals surface area contributed by atoms with Gasteiger partial charge in [-0.25, -0.2) is 4.39 Å². The smallest absolute Gasteiger partial charge is 0.178 e. The number of imidazole rings is 1. The summed E-state index contributed by atoms with van der Waals surface area (Å²) in [5.74, 6) is -0.296. The molecule has 1 unspecified atom stereocenters. The van der Waals surface area contributed by atoms with Crippen LogP contribution in [0.4, 0.5) is 4.39 Å². The Kier molecular flexibility index (Phi) is 2.91. The number of aromatic nitrogens is 3. The van der Waals surface area contributed by atoms with Crippen molar-refractivity contribution in [1.82, 2.24) is 14.5 Å². The molecule has 5 heteroatoms. The third kappa shape index (κ3) is 1.96. The van der Waals surface area contributed by atoms with Gasteiger partial charge in [0.15, 0.2) is 4.77 Å². The van der Waals surface area contributed by atoms with Crippen molar-refractivity contribution >= 4 is 23.3 Å². The van der Waals surface area contributed by atoms with E-state index in [1.807, 2.05) is 35.8 Å². The minimum absolute atomic E-state index is 0.0516. The lowest BCUT2D eigenvalue weighted by Crippen LogP contribution is -2.08. The number of hydrogen-bond donors (Lipinski definition) is 1. The molecule has 0 saturated carbocycles. The molecule has 3 aromatic rings. The first-order valence-corrected chi connectivity index (χ1v) is 6.39. The van der Waals surface area contributed by atoms with E-state index in [-0.39, 0.29) is 11.9 Å². The van der Waals surface area contributed by atoms with E-state index < -0.39 is 0 Å². The topological polar surface area (TPSA) is 33.6 Å². The molecule has 3 rings (SSSR count). The second-order valence-electron chi connectivity index (χ2n) is 4.36. The lowest BCUT2D eigenvalue weighted by atomic mass is 10.2. The summed E-state index contributed by atoms with van der Waals surface area (Å²) in [5.41, 5.74) is 2.09. The van der Waals surface area contributed by atoms with Gasteiger partial charge in [-0.2, -0.15) is 0 Å². The molecular weight excluding hydrogens is 261 g/mol. The molecule has 0 spiro atoms. The summed E-state index contributed by atoms with van der Waals surface area (Å²) in [7, 11) is 0. The third-order valence-electron chi connectivity index (χ3n) is 3.20. The summed E-state index contributed by atoms with van der Waals surface area (Å²) in [5, 5.41) is 0. The molecule has 2 heterocycles. The number of H-pyrrole nitrogens is 1. The Morgan fingerprint density at radius 1 is 1.26 bits per heavy atom. The number of aromatic amines is 1. The maximum atomic E-state index is 13.7. The summed E-state index contributed by atoms with van der Waals surface area (Å²) in [6.07, 6.45) is 1.74. The Labute approximate surface area is 114 Å². The van der Waals surface area contributed by atoms with Gasteiger partial charge in [0.2, 0.25) is 0 Å². The average Bonchev–Trinajstić information content (AvgIpc) is 2.77. The number of para-hydroxylation sites is 1. The van der Waals surface area contributed by atoms with Crippen molar-refractivity contribution in [3.05, 3.63) is 58.9 Å². The number of hydrogen-bond acceptors (Lipinski definition) is 2. The molecule has 0 radical (unpaired) electrons. The van der Waals surface area contributed by atoms with E-state index in [1.165, 1.54) is 6.07 Å². The number of nitrogens with zero attached hydrogens (tertiary/aromatic N) is 2. The zero-order valence-corrected chi connectivity index (χ0v) is 11.1. The van der Waals surface area contributed by atoms with Crippen LogP contribution in [0.3, 0.4) is 0 Å². The molecule has 0 aliphatic heterocycles. The maximum Gasteiger partial charge on any atom is 0.178 e. The largest absolute Gasteiger partial charge is 0.328 e. The van der Waals surface area contributed by atoms with Crippen molar-refractivity contribution in [3.8, 4) is 0 Å². The van der Waals surface area contributed by atoms with Crippen molar-refractivity contribution < 1.29 is 4.39 Å². The predicted octanol–water partition coefficient (Wildman–Crippen LogP) is 3.84. The monoisotopic (exact) mass is 273 g/mol. The van der Waals surface area contributed by atoms with Crippen molar-refractivity contribution in [3.63, 3.8) is 0 Å². The molecule has 19 heavy (non-hydrogen) atoms. The van der Waals surface area contributed by atoms with Crippen LogP contribution in [0.15, 0.2) is 42.6 Å². The fraction of sp³-hybridized carbons (Fsp3) is 0.143. The van der Waals surface area contributed by atoms with Crippen LogP contribution in [0, 0.1) is 10.6 Å². The van der Waals surface area contributed by atoms with Crippen LogP contribution in [-0.4, -0.2) is 14.5 Å². The standard InChI is InChI=1S/C14H12FN3S/c1-9(11-6-2-3-8-16-11)18-12-7-4-5-10(15)13(12)17-14(18)19/h2-9H,1H3,(H,17,19). The van der Waals surface area contributed by atoms with Gasteiger partial charge >= 0.3 is 0 Å². The second-order valence-corrected chi connectivity index (χ2v) is 4.75. The Morgan fingerprint density at radius 2 is 2.11 bits per heavy atom. The summed E-state index contributed by atoms with van der Waals surface area (Å²) < 4.78 is 16.1. The Bertz CT molecular complexity index is 776. The predicted molar refractivity (Wildman–Crippen MR) is 75.1 cm³/mol. The second kappa shape index (κ2) is 4.59. The normalized spacial score (nSPS) is 12.7. The van der Waals surface area contributed by atoms with Gasteiger partial charge in [-0.3, -0.25) is 4.98 Å². The van der Waals surface area contributed by atoms with E-state index >= 15 is 0 Å². The fourth-order valence-electron chi connectivity index (χ4n) is 2.25. The van der Waals surface area contributed by atoms with Gasteiger partial charge < -0.3 is 9.55 Å². The van der Waals surface area contributed by atoms with Crippen LogP contribution in [0.25, 0.3) is 11.0 Å². The molecule has 0 amide bonds. The highest BCUT2D eigenvalue weighted by Crippen LogP contribution is 2.24. The maximum absolute atomic E-state index is 13.7. The minimum Gasteiger partial charge on any atom is -0.328 e. The first kappa shape index (κ1) is 12.0. The Balaban J connectivity index is 2.23. The van der Waals surface area contributed by atoms with Gasteiger partial charge in [0.05, 0.1) is 17.3 Å². The molecule has 1 atom stereocenters. The first-order chi connectivity index (χ1) is 9.18. The molecule has 0 bridgehead atoms. The van der Waals surface area contributed by atoms with Crippen LogP contribution in [0.5, 0.6) is 0 Å². The number of benzene rings is 1. The number of halogens is 1. The molecule has 2 aromatic heterocycles. The van der Waals surface area contributed by atoms with E-state index in [9.17, 15) is 4.39 Å². The van der Waals surface area contributed by atoms with E-state index in [4.69, 9.17) is 12.2 Å². The number of rotatable bonds is 2. The van der Waals surface area contributed by atoms with Crippen LogP contribution >= 0.6 is 12.2 Å². The van der Waals surface area contributed by atoms with Gasteiger partial charge in [0.1, 0.15) is 11.3 Å². The lowest BCUT2D eigenvalue weighted by Gasteiger charge is -2.13. The van der Waals surface area contributed by atoms with Gasteiger partial charge in [-0.1, -0.05) is 12.1 Å². The zero-order valence-electron chi connectivity index (χ0n) is 10.3. The minimum atomic E-state index is -0.296. The molecule has 0 fully saturated rings. The van der Waals surface area contributed by atoms with Crippen molar-refractivity contribution in [2.24, 2.45) is 0 Å². The number of nitrogens with one attached hydrogen (secondary N) is 1. The van der Waals surface area contributed by atoms with Crippen LogP contribution < -0.4 is 0 Å². The zero-order chi connectivity index (χ0) is 13.4. The van der Waals surface area contributed by atoms with Crippen molar-refractivity contribution in [2.75, 3.05) is 0 Å². The number of fused-ring (bicyclic) bond motifs is 1. The summed E-state index contributed by atoms with van der Waals surface area (Å²) >= 11 is 5.30. The van der Waals surface area contributed by atoms with Gasteiger partial charge in [-0.05, 0) is 43.4 Å². The fourth-order valence-corrected chi connectivity index (χ4v) is 2.61. The quantitative estimate of drug-likeness (QED) is 0.720. The molecule has 0 aliphatic carbocycles. The van der Waals surface area contributed by atoms with E-state index in [0.29, 0.717) is 10.3 Å². The molecule has 96 valence electrons. The van der Waals surface area contributed by atoms with Crippen LogP contribution in [-0.2, 0) is 0 Å². The van der Waals surface area contributed by atoms with Gasteiger partial charge in [0.25, 0.3) is 0 Å². The van der Waals surface area contributed by atoms with E-state index in [1.54, 1.807) is 12.3 Å². The summed E-state index contributed by atoms with van der Waals surface area (Å²) in [6, 6.07) is 10.6. The molecule has 0 saturated heterocycles. The molecular formula is C14H12FN3S. The molecule has 0 aliphatic rings. The highest BCUT2D eigenvalue weighted by molar-refractivity contribution is 7.71. The molecule has 1 N–H and O–H groups in total. The van der Waals surface area contributed by atoms with Crippen LogP contribution in [0.2, 0.25) is 0 Å². The van der Waals surface area contributed by atoms with E-state index in [0.717, 1.165) is 11.2 Å². The number of pyridine rings is 1. The molecule has 1 aromatic carbocycles. The average molecular weight is 273 g/mol. The third-order valence-corrected chi connectivity index (χ3v) is 3.50. The van der Waals surface area contributed by atoms with E-state index in [2.05, 4.69) is 9.97 Å². The van der Waals surface area contributed by atoms with Crippen molar-refractivity contribution in [2.45, 2.75) is 13.0 Å². The highest BCUT2D eigenvalue weighted by atomic mass is 32.1. The van der Waals surface area contributed by atoms with Gasteiger partial charge in [0, 0.05) is 6.20 Å². The Hall–Kier alpha value is -2.01. The summed E-state index contributed by atoms with van der Waals surface area (Å²) in [4.78, 5) is 7.25. The molecule has 3 nitrogen and oxygen atoms in total. The van der Waals surface area contributed by atoms with Crippen molar-refractivity contribution in [1.29, 1.82) is 0 Å². The lowest BCUT2D eigenvalue weighted by molar-refractivity contribution is 0.629.